The minimum Gasteiger partial charge on any atom is -0.478 e. The van der Waals surface area contributed by atoms with Crippen LogP contribution in [0.25, 0.3) is 0 Å². The summed E-state index contributed by atoms with van der Waals surface area (Å²) in [5.41, 5.74) is 2.37. The van der Waals surface area contributed by atoms with Gasteiger partial charge in [-0.15, -0.1) is 0 Å². The molecule has 0 aromatic heterocycles. The maximum Gasteiger partial charge on any atom is 0.336 e. The van der Waals surface area contributed by atoms with Crippen LogP contribution in [0.2, 0.25) is 0 Å². The van der Waals surface area contributed by atoms with Gasteiger partial charge in [-0.05, 0) is 49.6 Å². The van der Waals surface area contributed by atoms with Gasteiger partial charge in [0.2, 0.25) is 0 Å². The molecule has 0 amide bonds. The Kier molecular flexibility index (Phi) is 4.58. The fourth-order valence-corrected chi connectivity index (χ4v) is 2.33. The average molecular weight is 287 g/mol. The van der Waals surface area contributed by atoms with Crippen molar-refractivity contribution in [3.63, 3.8) is 0 Å². The zero-order valence-corrected chi connectivity index (χ0v) is 12.1. The van der Waals surface area contributed by atoms with Gasteiger partial charge in [0.25, 0.3) is 0 Å². The summed E-state index contributed by atoms with van der Waals surface area (Å²) < 4.78 is 13.6. The van der Waals surface area contributed by atoms with E-state index in [1.54, 1.807) is 37.3 Å². The highest BCUT2D eigenvalue weighted by Gasteiger charge is 2.12. The lowest BCUT2D eigenvalue weighted by molar-refractivity contribution is 0.0696. The van der Waals surface area contributed by atoms with Crippen LogP contribution in [0.15, 0.2) is 42.5 Å². The largest absolute Gasteiger partial charge is 0.478 e. The van der Waals surface area contributed by atoms with E-state index in [1.165, 1.54) is 6.07 Å². The van der Waals surface area contributed by atoms with Gasteiger partial charge in [-0.1, -0.05) is 24.3 Å². The molecule has 0 aliphatic rings. The monoisotopic (exact) mass is 287 g/mol. The van der Waals surface area contributed by atoms with Crippen LogP contribution in [-0.2, 0) is 6.42 Å². The molecular formula is C17H18FNO2. The number of nitrogens with one attached hydrogen (secondary N) is 1. The second-order valence-corrected chi connectivity index (χ2v) is 5.12. The third-order valence-corrected chi connectivity index (χ3v) is 3.45. The van der Waals surface area contributed by atoms with Crippen molar-refractivity contribution in [2.75, 3.05) is 5.32 Å². The molecular weight excluding hydrogens is 269 g/mol. The fraction of sp³-hybridized carbons (Fsp3) is 0.235. The van der Waals surface area contributed by atoms with Crippen molar-refractivity contribution in [2.24, 2.45) is 0 Å². The Hall–Kier alpha value is -2.36. The van der Waals surface area contributed by atoms with E-state index >= 15 is 0 Å². The first-order valence-corrected chi connectivity index (χ1v) is 6.82. The van der Waals surface area contributed by atoms with Gasteiger partial charge < -0.3 is 10.4 Å². The molecule has 2 aromatic rings. The van der Waals surface area contributed by atoms with E-state index in [0.29, 0.717) is 17.5 Å². The molecule has 0 bridgehead atoms. The summed E-state index contributed by atoms with van der Waals surface area (Å²) in [7, 11) is 0. The van der Waals surface area contributed by atoms with Gasteiger partial charge in [0.1, 0.15) is 5.82 Å². The molecule has 0 spiro atoms. The van der Waals surface area contributed by atoms with Gasteiger partial charge >= 0.3 is 5.97 Å². The summed E-state index contributed by atoms with van der Waals surface area (Å²) in [6, 6.07) is 11.8. The number of hydrogen-bond acceptors (Lipinski definition) is 2. The minimum absolute atomic E-state index is 0.00959. The first-order valence-electron chi connectivity index (χ1n) is 6.82. The number of aromatic carboxylic acids is 1. The van der Waals surface area contributed by atoms with Crippen molar-refractivity contribution in [3.05, 3.63) is 65.0 Å². The zero-order chi connectivity index (χ0) is 15.4. The number of carboxylic acid groups (broad SMARTS) is 1. The third kappa shape index (κ3) is 3.60. The molecule has 0 aliphatic heterocycles. The molecule has 2 N–H and O–H groups in total. The molecule has 0 aliphatic carbocycles. The third-order valence-electron chi connectivity index (χ3n) is 3.45. The average Bonchev–Trinajstić information content (AvgIpc) is 2.43. The molecule has 21 heavy (non-hydrogen) atoms. The number of carboxylic acids is 1. The van der Waals surface area contributed by atoms with E-state index in [9.17, 15) is 9.18 Å². The van der Waals surface area contributed by atoms with E-state index in [1.807, 2.05) is 13.0 Å². The maximum absolute atomic E-state index is 13.6. The summed E-state index contributed by atoms with van der Waals surface area (Å²) >= 11 is 0. The predicted molar refractivity (Wildman–Crippen MR) is 81.3 cm³/mol. The van der Waals surface area contributed by atoms with Crippen LogP contribution in [0.3, 0.4) is 0 Å². The summed E-state index contributed by atoms with van der Waals surface area (Å²) in [4.78, 5) is 11.1. The second kappa shape index (κ2) is 6.39. The lowest BCUT2D eigenvalue weighted by Crippen LogP contribution is -2.20. The molecule has 0 saturated carbocycles. The number of anilines is 1. The summed E-state index contributed by atoms with van der Waals surface area (Å²) in [6.45, 7) is 3.71. The Bertz CT molecular complexity index is 655. The highest BCUT2D eigenvalue weighted by Crippen LogP contribution is 2.21. The molecule has 2 rings (SSSR count). The summed E-state index contributed by atoms with van der Waals surface area (Å²) in [5.74, 6) is -1.17. The van der Waals surface area contributed by atoms with Crippen molar-refractivity contribution < 1.29 is 14.3 Å². The maximum atomic E-state index is 13.6. The van der Waals surface area contributed by atoms with Crippen LogP contribution >= 0.6 is 0 Å². The number of rotatable bonds is 5. The normalized spacial score (nSPS) is 12.0. The van der Waals surface area contributed by atoms with Crippen LogP contribution < -0.4 is 5.32 Å². The summed E-state index contributed by atoms with van der Waals surface area (Å²) in [6.07, 6.45) is 0.531. The Labute approximate surface area is 123 Å². The lowest BCUT2D eigenvalue weighted by Gasteiger charge is -2.18. The van der Waals surface area contributed by atoms with Gasteiger partial charge in [0.15, 0.2) is 0 Å². The van der Waals surface area contributed by atoms with E-state index < -0.39 is 5.97 Å². The SMILES string of the molecule is Cc1c(NC(C)Cc2ccccc2F)cccc1C(=O)O. The second-order valence-electron chi connectivity index (χ2n) is 5.12. The Morgan fingerprint density at radius 1 is 1.24 bits per heavy atom. The molecule has 0 saturated heterocycles. The van der Waals surface area contributed by atoms with Crippen molar-refractivity contribution in [2.45, 2.75) is 26.3 Å². The topological polar surface area (TPSA) is 49.3 Å². The molecule has 3 nitrogen and oxygen atoms in total. The smallest absolute Gasteiger partial charge is 0.336 e. The van der Waals surface area contributed by atoms with E-state index in [-0.39, 0.29) is 17.4 Å². The molecule has 0 radical (unpaired) electrons. The standard InChI is InChI=1S/C17H18FNO2/c1-11(10-13-6-3-4-8-15(13)18)19-16-9-5-7-14(12(16)2)17(20)21/h3-9,11,19H,10H2,1-2H3,(H,20,21). The Morgan fingerprint density at radius 2 is 1.95 bits per heavy atom. The quantitative estimate of drug-likeness (QED) is 0.877. The van der Waals surface area contributed by atoms with Crippen molar-refractivity contribution in [3.8, 4) is 0 Å². The number of hydrogen-bond donors (Lipinski definition) is 2. The Morgan fingerprint density at radius 3 is 2.62 bits per heavy atom. The number of benzene rings is 2. The molecule has 1 atom stereocenters. The molecule has 0 fully saturated rings. The van der Waals surface area contributed by atoms with Crippen molar-refractivity contribution in [1.82, 2.24) is 0 Å². The van der Waals surface area contributed by atoms with Crippen LogP contribution in [0.4, 0.5) is 10.1 Å². The minimum atomic E-state index is -0.946. The van der Waals surface area contributed by atoms with Gasteiger partial charge in [-0.25, -0.2) is 9.18 Å². The van der Waals surface area contributed by atoms with Crippen LogP contribution in [-0.4, -0.2) is 17.1 Å². The van der Waals surface area contributed by atoms with Gasteiger partial charge in [-0.3, -0.25) is 0 Å². The highest BCUT2D eigenvalue weighted by molar-refractivity contribution is 5.91. The predicted octanol–water partition coefficient (Wildman–Crippen LogP) is 3.88. The van der Waals surface area contributed by atoms with Crippen LogP contribution in [0.1, 0.15) is 28.4 Å². The first kappa shape index (κ1) is 15.0. The molecule has 2 aromatic carbocycles. The molecule has 4 heteroatoms. The number of halogens is 1. The van der Waals surface area contributed by atoms with Gasteiger partial charge in [0, 0.05) is 11.7 Å². The zero-order valence-electron chi connectivity index (χ0n) is 12.1. The number of carbonyl (C=O) groups is 1. The summed E-state index contributed by atoms with van der Waals surface area (Å²) in [5, 5.41) is 12.4. The van der Waals surface area contributed by atoms with E-state index in [0.717, 1.165) is 5.69 Å². The Balaban J connectivity index is 2.13. The van der Waals surface area contributed by atoms with Crippen molar-refractivity contribution >= 4 is 11.7 Å². The van der Waals surface area contributed by atoms with Crippen LogP contribution in [0.5, 0.6) is 0 Å². The molecule has 1 unspecified atom stereocenters. The lowest BCUT2D eigenvalue weighted by atomic mass is 10.0. The van der Waals surface area contributed by atoms with E-state index in [2.05, 4.69) is 5.32 Å². The van der Waals surface area contributed by atoms with Crippen LogP contribution in [0, 0.1) is 12.7 Å². The fourth-order valence-electron chi connectivity index (χ4n) is 2.33. The van der Waals surface area contributed by atoms with E-state index in [4.69, 9.17) is 5.11 Å². The first-order chi connectivity index (χ1) is 9.99. The van der Waals surface area contributed by atoms with Crippen molar-refractivity contribution in [1.29, 1.82) is 0 Å². The highest BCUT2D eigenvalue weighted by atomic mass is 19.1. The van der Waals surface area contributed by atoms with Gasteiger partial charge in [-0.2, -0.15) is 0 Å². The molecule has 110 valence electrons. The molecule has 0 heterocycles. The van der Waals surface area contributed by atoms with Gasteiger partial charge in [0.05, 0.1) is 5.56 Å².